The van der Waals surface area contributed by atoms with Gasteiger partial charge in [-0.1, -0.05) is 13.3 Å². The van der Waals surface area contributed by atoms with Gasteiger partial charge < -0.3 is 10.4 Å². The maximum absolute atomic E-state index is 10.7. The predicted octanol–water partition coefficient (Wildman–Crippen LogP) is 4.10. The van der Waals surface area contributed by atoms with Crippen molar-refractivity contribution in [2.45, 2.75) is 44.6 Å². The van der Waals surface area contributed by atoms with Crippen molar-refractivity contribution in [2.24, 2.45) is 5.92 Å². The molecular weight excluding hydrogens is 336 g/mol. The summed E-state index contributed by atoms with van der Waals surface area (Å²) in [5, 5.41) is 24.5. The fourth-order valence-electron chi connectivity index (χ4n) is 2.82. The minimum absolute atomic E-state index is 0.0505. The molecule has 0 heterocycles. The molecule has 0 aliphatic heterocycles. The van der Waals surface area contributed by atoms with E-state index < -0.39 is 10.5 Å². The van der Waals surface area contributed by atoms with Crippen molar-refractivity contribution in [3.8, 4) is 0 Å². The molecule has 1 saturated carbocycles. The molecule has 21 heavy (non-hydrogen) atoms. The molecule has 1 aliphatic carbocycles. The van der Waals surface area contributed by atoms with Gasteiger partial charge in [-0.15, -0.1) is 0 Å². The van der Waals surface area contributed by atoms with Gasteiger partial charge in [-0.05, 0) is 53.6 Å². The molecule has 2 rings (SSSR count). The molecule has 2 N–H and O–H groups in total. The molecule has 0 radical (unpaired) electrons. The standard InChI is InChI=1S/C15H21BrN2O3/c1-2-11-5-7-15(19,8-6-11)10-17-14-4-3-12(18(20)21)9-13(14)16/h3-4,9,11,17,19H,2,5-8,10H2,1H3. The van der Waals surface area contributed by atoms with Crippen molar-refractivity contribution in [1.82, 2.24) is 0 Å². The lowest BCUT2D eigenvalue weighted by molar-refractivity contribution is -0.384. The van der Waals surface area contributed by atoms with E-state index in [4.69, 9.17) is 0 Å². The Bertz CT molecular complexity index is 514. The number of benzene rings is 1. The van der Waals surface area contributed by atoms with Gasteiger partial charge in [-0.2, -0.15) is 0 Å². The summed E-state index contributed by atoms with van der Waals surface area (Å²) in [6.07, 6.45) is 4.93. The van der Waals surface area contributed by atoms with Crippen molar-refractivity contribution in [1.29, 1.82) is 0 Å². The maximum atomic E-state index is 10.7. The molecule has 0 atom stereocenters. The number of halogens is 1. The second-order valence-electron chi connectivity index (χ2n) is 5.85. The molecule has 0 spiro atoms. The van der Waals surface area contributed by atoms with E-state index in [1.54, 1.807) is 6.07 Å². The third kappa shape index (κ3) is 4.17. The average Bonchev–Trinajstić information content (AvgIpc) is 2.46. The number of nitrogens with one attached hydrogen (secondary N) is 1. The highest BCUT2D eigenvalue weighted by atomic mass is 79.9. The van der Waals surface area contributed by atoms with Crippen molar-refractivity contribution in [3.63, 3.8) is 0 Å². The van der Waals surface area contributed by atoms with Gasteiger partial charge in [-0.25, -0.2) is 0 Å². The lowest BCUT2D eigenvalue weighted by Gasteiger charge is -2.36. The summed E-state index contributed by atoms with van der Waals surface area (Å²) in [5.74, 6) is 0.733. The number of hydrogen-bond donors (Lipinski definition) is 2. The first-order valence-electron chi connectivity index (χ1n) is 7.34. The van der Waals surface area contributed by atoms with Crippen LogP contribution in [0.25, 0.3) is 0 Å². The van der Waals surface area contributed by atoms with E-state index in [2.05, 4.69) is 28.2 Å². The predicted molar refractivity (Wildman–Crippen MR) is 86.5 cm³/mol. The summed E-state index contributed by atoms with van der Waals surface area (Å²) >= 11 is 3.33. The lowest BCUT2D eigenvalue weighted by atomic mass is 9.78. The highest BCUT2D eigenvalue weighted by Gasteiger charge is 2.32. The second kappa shape index (κ2) is 6.75. The minimum Gasteiger partial charge on any atom is -0.388 e. The van der Waals surface area contributed by atoms with Crippen LogP contribution in [0, 0.1) is 16.0 Å². The van der Waals surface area contributed by atoms with Crippen LogP contribution in [0.3, 0.4) is 0 Å². The van der Waals surface area contributed by atoms with E-state index in [1.165, 1.54) is 18.6 Å². The Morgan fingerprint density at radius 1 is 1.48 bits per heavy atom. The first-order valence-corrected chi connectivity index (χ1v) is 8.13. The van der Waals surface area contributed by atoms with Crippen LogP contribution < -0.4 is 5.32 Å². The smallest absolute Gasteiger partial charge is 0.270 e. The summed E-state index contributed by atoms with van der Waals surface area (Å²) in [6, 6.07) is 4.61. The van der Waals surface area contributed by atoms with Gasteiger partial charge >= 0.3 is 0 Å². The third-order valence-corrected chi connectivity index (χ3v) is 5.04. The summed E-state index contributed by atoms with van der Waals surface area (Å²) in [7, 11) is 0. The monoisotopic (exact) mass is 356 g/mol. The van der Waals surface area contributed by atoms with Crippen LogP contribution in [0.4, 0.5) is 11.4 Å². The highest BCUT2D eigenvalue weighted by molar-refractivity contribution is 9.10. The Morgan fingerprint density at radius 2 is 2.14 bits per heavy atom. The average molecular weight is 357 g/mol. The van der Waals surface area contributed by atoms with Gasteiger partial charge in [0, 0.05) is 28.8 Å². The van der Waals surface area contributed by atoms with Gasteiger partial charge in [-0.3, -0.25) is 10.1 Å². The zero-order valence-corrected chi connectivity index (χ0v) is 13.7. The van der Waals surface area contributed by atoms with E-state index >= 15 is 0 Å². The highest BCUT2D eigenvalue weighted by Crippen LogP contribution is 2.34. The van der Waals surface area contributed by atoms with Gasteiger partial charge in [0.1, 0.15) is 0 Å². The van der Waals surface area contributed by atoms with Crippen molar-refractivity contribution < 1.29 is 10.0 Å². The molecule has 0 unspecified atom stereocenters. The quantitative estimate of drug-likeness (QED) is 0.615. The second-order valence-corrected chi connectivity index (χ2v) is 6.71. The maximum Gasteiger partial charge on any atom is 0.270 e. The molecule has 6 heteroatoms. The number of nitro groups is 1. The molecule has 1 aliphatic rings. The molecule has 1 aromatic rings. The number of nitrogens with zero attached hydrogens (tertiary/aromatic N) is 1. The van der Waals surface area contributed by atoms with Crippen molar-refractivity contribution in [3.05, 3.63) is 32.8 Å². The SMILES string of the molecule is CCC1CCC(O)(CNc2ccc([N+](=O)[O-])cc2Br)CC1. The van der Waals surface area contributed by atoms with Crippen LogP contribution in [-0.2, 0) is 0 Å². The molecule has 1 aromatic carbocycles. The molecule has 1 fully saturated rings. The lowest BCUT2D eigenvalue weighted by Crippen LogP contribution is -2.40. The molecule has 5 nitrogen and oxygen atoms in total. The number of aliphatic hydroxyl groups is 1. The van der Waals surface area contributed by atoms with E-state index in [0.717, 1.165) is 37.3 Å². The number of rotatable bonds is 5. The van der Waals surface area contributed by atoms with Crippen LogP contribution in [0.2, 0.25) is 0 Å². The van der Waals surface area contributed by atoms with Gasteiger partial charge in [0.15, 0.2) is 0 Å². The van der Waals surface area contributed by atoms with Crippen LogP contribution in [0.1, 0.15) is 39.0 Å². The summed E-state index contributed by atoms with van der Waals surface area (Å²) in [6.45, 7) is 2.67. The molecule has 0 amide bonds. The van der Waals surface area contributed by atoms with Crippen LogP contribution in [0.15, 0.2) is 22.7 Å². The first kappa shape index (κ1) is 16.2. The van der Waals surface area contributed by atoms with E-state index in [0.29, 0.717) is 11.0 Å². The summed E-state index contributed by atoms with van der Waals surface area (Å²) in [4.78, 5) is 10.3. The summed E-state index contributed by atoms with van der Waals surface area (Å²) in [5.41, 5.74) is 0.147. The van der Waals surface area contributed by atoms with Crippen LogP contribution >= 0.6 is 15.9 Å². The molecule has 0 saturated heterocycles. The Hall–Kier alpha value is -1.14. The Morgan fingerprint density at radius 3 is 2.67 bits per heavy atom. The van der Waals surface area contributed by atoms with Crippen LogP contribution in [-0.4, -0.2) is 22.2 Å². The van der Waals surface area contributed by atoms with Gasteiger partial charge in [0.2, 0.25) is 0 Å². The van der Waals surface area contributed by atoms with Crippen LogP contribution in [0.5, 0.6) is 0 Å². The molecule has 0 bridgehead atoms. The molecular formula is C15H21BrN2O3. The number of anilines is 1. The van der Waals surface area contributed by atoms with Gasteiger partial charge in [0.05, 0.1) is 10.5 Å². The van der Waals surface area contributed by atoms with E-state index in [-0.39, 0.29) is 5.69 Å². The Kier molecular flexibility index (Phi) is 5.22. The molecule has 0 aromatic heterocycles. The van der Waals surface area contributed by atoms with Gasteiger partial charge in [0.25, 0.3) is 5.69 Å². The van der Waals surface area contributed by atoms with Crippen molar-refractivity contribution >= 4 is 27.3 Å². The Balaban J connectivity index is 1.95. The van der Waals surface area contributed by atoms with E-state index in [9.17, 15) is 15.2 Å². The fourth-order valence-corrected chi connectivity index (χ4v) is 3.33. The summed E-state index contributed by atoms with van der Waals surface area (Å²) < 4.78 is 0.641. The van der Waals surface area contributed by atoms with E-state index in [1.807, 2.05) is 0 Å². The topological polar surface area (TPSA) is 75.4 Å². The first-order chi connectivity index (χ1) is 9.93. The normalized spacial score (nSPS) is 25.6. The van der Waals surface area contributed by atoms with Crippen molar-refractivity contribution in [2.75, 3.05) is 11.9 Å². The third-order valence-electron chi connectivity index (χ3n) is 4.38. The fraction of sp³-hybridized carbons (Fsp3) is 0.600. The number of hydrogen-bond acceptors (Lipinski definition) is 4. The minimum atomic E-state index is -0.674. The zero-order valence-electron chi connectivity index (χ0n) is 12.1. The largest absolute Gasteiger partial charge is 0.388 e. The number of nitro benzene ring substituents is 1. The zero-order chi connectivity index (χ0) is 15.5. The molecule has 116 valence electrons. The number of non-ortho nitro benzene ring substituents is 1. The Labute approximate surface area is 133 Å².